The van der Waals surface area contributed by atoms with Crippen molar-refractivity contribution in [2.45, 2.75) is 32.6 Å². The second-order valence-electron chi connectivity index (χ2n) is 5.09. The third-order valence-corrected chi connectivity index (χ3v) is 4.22. The average Bonchev–Trinajstić information content (AvgIpc) is 2.40. The van der Waals surface area contributed by atoms with Crippen molar-refractivity contribution in [2.75, 3.05) is 13.1 Å². The Labute approximate surface area is 114 Å². The van der Waals surface area contributed by atoms with Gasteiger partial charge in [0.25, 0.3) is 0 Å². The Morgan fingerprint density at radius 3 is 2.61 bits per heavy atom. The van der Waals surface area contributed by atoms with Crippen molar-refractivity contribution < 1.29 is 4.79 Å². The van der Waals surface area contributed by atoms with Crippen LogP contribution in [-0.2, 0) is 0 Å². The lowest BCUT2D eigenvalue weighted by Crippen LogP contribution is -2.42. The molecule has 1 saturated heterocycles. The van der Waals surface area contributed by atoms with Gasteiger partial charge in [0, 0.05) is 11.0 Å². The van der Waals surface area contributed by atoms with Gasteiger partial charge in [-0.1, -0.05) is 37.1 Å². The molecule has 2 nitrogen and oxygen atoms in total. The molecule has 0 saturated carbocycles. The molecule has 1 N–H and O–H groups in total. The Bertz CT molecular complexity index is 419. The molecule has 1 aromatic carbocycles. The number of carbonyl (C=O) groups is 1. The van der Waals surface area contributed by atoms with E-state index in [9.17, 15) is 4.79 Å². The van der Waals surface area contributed by atoms with Crippen LogP contribution >= 0.6 is 11.6 Å². The minimum absolute atomic E-state index is 0.203. The lowest BCUT2D eigenvalue weighted by molar-refractivity contribution is 0.0704. The number of hydrogen-bond acceptors (Lipinski definition) is 2. The Hall–Kier alpha value is -0.860. The van der Waals surface area contributed by atoms with Crippen LogP contribution in [0, 0.1) is 5.41 Å². The SMILES string of the molecule is CCCC1(C(=O)c2ccccc2Cl)CCNCC1. The van der Waals surface area contributed by atoms with Gasteiger partial charge in [-0.15, -0.1) is 0 Å². The van der Waals surface area contributed by atoms with Crippen molar-refractivity contribution in [1.29, 1.82) is 0 Å². The molecule has 98 valence electrons. The summed E-state index contributed by atoms with van der Waals surface area (Å²) in [6, 6.07) is 7.41. The fraction of sp³-hybridized carbons (Fsp3) is 0.533. The third kappa shape index (κ3) is 2.60. The highest BCUT2D eigenvalue weighted by Crippen LogP contribution is 2.38. The molecule has 0 radical (unpaired) electrons. The van der Waals surface area contributed by atoms with Gasteiger partial charge in [0.2, 0.25) is 0 Å². The standard InChI is InChI=1S/C15H20ClNO/c1-2-7-15(8-10-17-11-9-15)14(18)12-5-3-4-6-13(12)16/h3-6,17H,2,7-11H2,1H3. The molecule has 1 fully saturated rings. The molecule has 1 aliphatic heterocycles. The van der Waals surface area contributed by atoms with E-state index in [4.69, 9.17) is 11.6 Å². The first-order valence-electron chi connectivity index (χ1n) is 6.70. The first-order valence-corrected chi connectivity index (χ1v) is 7.07. The van der Waals surface area contributed by atoms with Crippen LogP contribution in [0.1, 0.15) is 43.0 Å². The van der Waals surface area contributed by atoms with Crippen LogP contribution in [-0.4, -0.2) is 18.9 Å². The molecular formula is C15H20ClNO. The number of rotatable bonds is 4. The van der Waals surface area contributed by atoms with Crippen molar-refractivity contribution in [1.82, 2.24) is 5.32 Å². The van der Waals surface area contributed by atoms with Crippen LogP contribution in [0.2, 0.25) is 5.02 Å². The van der Waals surface area contributed by atoms with Crippen molar-refractivity contribution in [3.05, 3.63) is 34.9 Å². The fourth-order valence-corrected chi connectivity index (χ4v) is 3.13. The molecule has 0 bridgehead atoms. The number of benzene rings is 1. The van der Waals surface area contributed by atoms with Gasteiger partial charge in [-0.3, -0.25) is 4.79 Å². The summed E-state index contributed by atoms with van der Waals surface area (Å²) in [5.41, 5.74) is 0.486. The zero-order chi connectivity index (χ0) is 13.0. The largest absolute Gasteiger partial charge is 0.317 e. The molecule has 0 aromatic heterocycles. The van der Waals surface area contributed by atoms with Gasteiger partial charge in [0.15, 0.2) is 5.78 Å². The van der Waals surface area contributed by atoms with E-state index in [0.717, 1.165) is 38.8 Å². The highest BCUT2D eigenvalue weighted by atomic mass is 35.5. The second kappa shape index (κ2) is 5.85. The predicted octanol–water partition coefficient (Wildman–Crippen LogP) is 3.69. The molecule has 2 rings (SSSR count). The number of piperidine rings is 1. The van der Waals surface area contributed by atoms with Crippen LogP contribution < -0.4 is 5.32 Å². The maximum Gasteiger partial charge on any atom is 0.170 e. The van der Waals surface area contributed by atoms with E-state index in [1.165, 1.54) is 0 Å². The topological polar surface area (TPSA) is 29.1 Å². The van der Waals surface area contributed by atoms with Crippen molar-refractivity contribution in [3.8, 4) is 0 Å². The maximum absolute atomic E-state index is 12.8. The summed E-state index contributed by atoms with van der Waals surface area (Å²) in [5, 5.41) is 3.91. The Balaban J connectivity index is 2.31. The van der Waals surface area contributed by atoms with Gasteiger partial charge >= 0.3 is 0 Å². The first kappa shape index (κ1) is 13.6. The number of carbonyl (C=O) groups excluding carboxylic acids is 1. The fourth-order valence-electron chi connectivity index (χ4n) is 2.91. The molecular weight excluding hydrogens is 246 g/mol. The molecule has 0 spiro atoms. The molecule has 1 aliphatic rings. The van der Waals surface area contributed by atoms with E-state index in [1.54, 1.807) is 6.07 Å². The molecule has 0 unspecified atom stereocenters. The van der Waals surface area contributed by atoms with E-state index >= 15 is 0 Å². The second-order valence-corrected chi connectivity index (χ2v) is 5.50. The number of hydrogen-bond donors (Lipinski definition) is 1. The van der Waals surface area contributed by atoms with Crippen LogP contribution in [0.5, 0.6) is 0 Å². The summed E-state index contributed by atoms with van der Waals surface area (Å²) in [7, 11) is 0. The highest BCUT2D eigenvalue weighted by molar-refractivity contribution is 6.34. The zero-order valence-corrected chi connectivity index (χ0v) is 11.6. The van der Waals surface area contributed by atoms with Gasteiger partial charge < -0.3 is 5.32 Å². The molecule has 0 atom stereocenters. The Morgan fingerprint density at radius 2 is 2.00 bits per heavy atom. The van der Waals surface area contributed by atoms with Gasteiger partial charge in [-0.25, -0.2) is 0 Å². The van der Waals surface area contributed by atoms with Crippen molar-refractivity contribution in [2.24, 2.45) is 5.41 Å². The van der Waals surface area contributed by atoms with Crippen LogP contribution in [0.4, 0.5) is 0 Å². The third-order valence-electron chi connectivity index (χ3n) is 3.89. The summed E-state index contributed by atoms with van der Waals surface area (Å²) in [6.45, 7) is 4.00. The smallest absolute Gasteiger partial charge is 0.170 e. The number of halogens is 1. The average molecular weight is 266 g/mol. The monoisotopic (exact) mass is 265 g/mol. The van der Waals surface area contributed by atoms with Crippen LogP contribution in [0.15, 0.2) is 24.3 Å². The summed E-state index contributed by atoms with van der Waals surface area (Å²) in [5.74, 6) is 0.233. The van der Waals surface area contributed by atoms with E-state index in [2.05, 4.69) is 12.2 Å². The van der Waals surface area contributed by atoms with Gasteiger partial charge in [-0.05, 0) is 44.5 Å². The van der Waals surface area contributed by atoms with E-state index in [-0.39, 0.29) is 11.2 Å². The van der Waals surface area contributed by atoms with Gasteiger partial charge in [0.1, 0.15) is 0 Å². The summed E-state index contributed by atoms with van der Waals surface area (Å²) in [4.78, 5) is 12.8. The lowest BCUT2D eigenvalue weighted by atomic mass is 9.70. The highest BCUT2D eigenvalue weighted by Gasteiger charge is 2.39. The predicted molar refractivity (Wildman–Crippen MR) is 75.2 cm³/mol. The van der Waals surface area contributed by atoms with E-state index in [0.29, 0.717) is 10.6 Å². The lowest BCUT2D eigenvalue weighted by Gasteiger charge is -2.36. The quantitative estimate of drug-likeness (QED) is 0.842. The molecule has 3 heteroatoms. The Morgan fingerprint density at radius 1 is 1.33 bits per heavy atom. The molecule has 1 aromatic rings. The molecule has 1 heterocycles. The minimum atomic E-state index is -0.203. The minimum Gasteiger partial charge on any atom is -0.317 e. The molecule has 0 aliphatic carbocycles. The number of Topliss-reactive ketones (excluding diaryl/α,β-unsaturated/α-hetero) is 1. The van der Waals surface area contributed by atoms with E-state index in [1.807, 2.05) is 18.2 Å². The summed E-state index contributed by atoms with van der Waals surface area (Å²) >= 11 is 6.16. The zero-order valence-electron chi connectivity index (χ0n) is 10.8. The Kier molecular flexibility index (Phi) is 4.41. The summed E-state index contributed by atoms with van der Waals surface area (Å²) < 4.78 is 0. The van der Waals surface area contributed by atoms with Crippen LogP contribution in [0.3, 0.4) is 0 Å². The van der Waals surface area contributed by atoms with E-state index < -0.39 is 0 Å². The number of nitrogens with one attached hydrogen (secondary N) is 1. The summed E-state index contributed by atoms with van der Waals surface area (Å²) in [6.07, 6.45) is 3.84. The molecule has 18 heavy (non-hydrogen) atoms. The first-order chi connectivity index (χ1) is 8.69. The molecule has 0 amide bonds. The maximum atomic E-state index is 12.8. The van der Waals surface area contributed by atoms with Gasteiger partial charge in [-0.2, -0.15) is 0 Å². The number of ketones is 1. The van der Waals surface area contributed by atoms with Crippen LogP contribution in [0.25, 0.3) is 0 Å². The normalized spacial score (nSPS) is 18.6. The van der Waals surface area contributed by atoms with Crippen molar-refractivity contribution >= 4 is 17.4 Å². The van der Waals surface area contributed by atoms with Crippen molar-refractivity contribution in [3.63, 3.8) is 0 Å². The van der Waals surface area contributed by atoms with Gasteiger partial charge in [0.05, 0.1) is 5.02 Å².